The minimum absolute atomic E-state index is 0.270. The van der Waals surface area contributed by atoms with Crippen molar-refractivity contribution in [3.8, 4) is 5.75 Å². The number of rotatable bonds is 2. The summed E-state index contributed by atoms with van der Waals surface area (Å²) in [4.78, 5) is 0. The van der Waals surface area contributed by atoms with Crippen LogP contribution in [-0.2, 0) is 0 Å². The van der Waals surface area contributed by atoms with Crippen molar-refractivity contribution in [2.75, 3.05) is 4.31 Å². The molecule has 0 saturated heterocycles. The van der Waals surface area contributed by atoms with Crippen molar-refractivity contribution in [1.82, 2.24) is 0 Å². The molecule has 0 saturated carbocycles. The van der Waals surface area contributed by atoms with Crippen molar-refractivity contribution in [1.29, 1.82) is 0 Å². The maximum Gasteiger partial charge on any atom is 0.573 e. The molecule has 1 aliphatic rings. The van der Waals surface area contributed by atoms with Gasteiger partial charge in [-0.2, -0.15) is 0 Å². The molecule has 0 fully saturated rings. The third-order valence-corrected chi connectivity index (χ3v) is 4.00. The Balaban J connectivity index is 2.09. The van der Waals surface area contributed by atoms with E-state index in [0.29, 0.717) is 10.7 Å². The Labute approximate surface area is 115 Å². The van der Waals surface area contributed by atoms with Crippen LogP contribution in [0.15, 0.2) is 35.5 Å². The molecule has 2 nitrogen and oxygen atoms in total. The Kier molecular flexibility index (Phi) is 3.89. The van der Waals surface area contributed by atoms with Crippen molar-refractivity contribution in [3.63, 3.8) is 0 Å². The van der Waals surface area contributed by atoms with Gasteiger partial charge in [-0.1, -0.05) is 11.6 Å². The third-order valence-electron chi connectivity index (χ3n) is 1.99. The summed E-state index contributed by atoms with van der Waals surface area (Å²) in [6, 6.07) is 5.44. The van der Waals surface area contributed by atoms with Crippen molar-refractivity contribution >= 4 is 40.8 Å². The van der Waals surface area contributed by atoms with Gasteiger partial charge < -0.3 is 4.74 Å². The molecule has 1 aromatic carbocycles. The molecule has 0 spiro atoms. The van der Waals surface area contributed by atoms with E-state index in [1.807, 2.05) is 0 Å². The summed E-state index contributed by atoms with van der Waals surface area (Å²) in [5, 5.41) is 0.470. The first-order valence-electron chi connectivity index (χ1n) is 4.68. The van der Waals surface area contributed by atoms with E-state index >= 15 is 0 Å². The van der Waals surface area contributed by atoms with Crippen molar-refractivity contribution in [2.45, 2.75) is 11.1 Å². The van der Waals surface area contributed by atoms with Crippen LogP contribution < -0.4 is 9.04 Å². The first-order valence-corrected chi connectivity index (χ1v) is 6.33. The summed E-state index contributed by atoms with van der Waals surface area (Å²) < 4.78 is 41.0. The average molecular weight is 316 g/mol. The van der Waals surface area contributed by atoms with Crippen LogP contribution >= 0.6 is 35.1 Å². The highest BCUT2D eigenvalue weighted by Crippen LogP contribution is 2.40. The van der Waals surface area contributed by atoms with Gasteiger partial charge in [0.25, 0.3) is 0 Å². The van der Waals surface area contributed by atoms with Crippen LogP contribution in [-0.4, -0.2) is 11.1 Å². The fourth-order valence-corrected chi connectivity index (χ4v) is 2.65. The van der Waals surface area contributed by atoms with E-state index in [4.69, 9.17) is 23.2 Å². The lowest BCUT2D eigenvalue weighted by Gasteiger charge is -2.15. The van der Waals surface area contributed by atoms with E-state index in [9.17, 15) is 13.2 Å². The van der Waals surface area contributed by atoms with Crippen LogP contribution in [0.25, 0.3) is 0 Å². The molecule has 8 heteroatoms. The molecular weight excluding hydrogens is 310 g/mol. The van der Waals surface area contributed by atoms with Crippen molar-refractivity contribution < 1.29 is 17.9 Å². The Hall–Kier alpha value is -0.720. The predicted molar refractivity (Wildman–Crippen MR) is 66.8 cm³/mol. The molecule has 0 aliphatic carbocycles. The summed E-state index contributed by atoms with van der Waals surface area (Å²) in [6.07, 6.45) is -3.07. The molecule has 0 aromatic heterocycles. The van der Waals surface area contributed by atoms with Gasteiger partial charge in [-0.3, -0.25) is 4.31 Å². The highest BCUT2D eigenvalue weighted by Gasteiger charge is 2.31. The number of anilines is 1. The largest absolute Gasteiger partial charge is 0.573 e. The highest BCUT2D eigenvalue weighted by atomic mass is 35.5. The molecule has 0 radical (unpaired) electrons. The van der Waals surface area contributed by atoms with Crippen molar-refractivity contribution in [3.05, 3.63) is 35.5 Å². The topological polar surface area (TPSA) is 12.5 Å². The maximum atomic E-state index is 12.0. The molecule has 1 heterocycles. The molecule has 1 aliphatic heterocycles. The smallest absolute Gasteiger partial charge is 0.406 e. The zero-order valence-electron chi connectivity index (χ0n) is 8.62. The number of benzene rings is 1. The van der Waals surface area contributed by atoms with Gasteiger partial charge >= 0.3 is 6.36 Å². The quantitative estimate of drug-likeness (QED) is 0.580. The monoisotopic (exact) mass is 315 g/mol. The zero-order chi connectivity index (χ0) is 13.3. The fourth-order valence-electron chi connectivity index (χ4n) is 1.28. The minimum atomic E-state index is -4.69. The summed E-state index contributed by atoms with van der Waals surface area (Å²) in [6.45, 7) is 0. The fraction of sp³-hybridized carbons (Fsp3) is 0.200. The van der Waals surface area contributed by atoms with Crippen LogP contribution in [0, 0.1) is 0 Å². The van der Waals surface area contributed by atoms with E-state index in [0.717, 1.165) is 0 Å². The van der Waals surface area contributed by atoms with E-state index in [-0.39, 0.29) is 10.5 Å². The molecule has 18 heavy (non-hydrogen) atoms. The minimum Gasteiger partial charge on any atom is -0.406 e. The number of halogens is 5. The second-order valence-electron chi connectivity index (χ2n) is 3.30. The Morgan fingerprint density at radius 1 is 1.22 bits per heavy atom. The summed E-state index contributed by atoms with van der Waals surface area (Å²) in [7, 11) is 0. The standard InChI is InChI=1S/C10H6Cl2F3NOS/c11-8-5-16(18-9(8)12)6-1-3-7(4-2-6)17-10(13,14)15/h1-5,9H. The second kappa shape index (κ2) is 5.11. The Morgan fingerprint density at radius 2 is 1.83 bits per heavy atom. The molecule has 1 atom stereocenters. The van der Waals surface area contributed by atoms with Gasteiger partial charge in [0.15, 0.2) is 0 Å². The molecular formula is C10H6Cl2F3NOS. The number of nitrogens with zero attached hydrogens (tertiary/aromatic N) is 1. The van der Waals surface area contributed by atoms with E-state index < -0.39 is 6.36 Å². The Bertz CT molecular complexity index is 463. The van der Waals surface area contributed by atoms with E-state index in [1.165, 1.54) is 36.2 Å². The summed E-state index contributed by atoms with van der Waals surface area (Å²) in [5.41, 5.74) is 0.663. The molecule has 2 rings (SSSR count). The lowest BCUT2D eigenvalue weighted by molar-refractivity contribution is -0.274. The van der Waals surface area contributed by atoms with Gasteiger partial charge in [-0.25, -0.2) is 0 Å². The maximum absolute atomic E-state index is 12.0. The summed E-state index contributed by atoms with van der Waals surface area (Å²) in [5.74, 6) is -0.270. The van der Waals surface area contributed by atoms with Gasteiger partial charge in [0, 0.05) is 6.20 Å². The van der Waals surface area contributed by atoms with Gasteiger partial charge in [0.1, 0.15) is 10.5 Å². The highest BCUT2D eigenvalue weighted by molar-refractivity contribution is 8.03. The molecule has 1 unspecified atom stereocenters. The van der Waals surface area contributed by atoms with Gasteiger partial charge in [0.05, 0.1) is 10.7 Å². The number of hydrogen-bond acceptors (Lipinski definition) is 3. The lowest BCUT2D eigenvalue weighted by Crippen LogP contribution is -2.17. The van der Waals surface area contributed by atoms with Crippen LogP contribution in [0.3, 0.4) is 0 Å². The zero-order valence-corrected chi connectivity index (χ0v) is 10.9. The third kappa shape index (κ3) is 3.40. The van der Waals surface area contributed by atoms with E-state index in [2.05, 4.69) is 4.74 Å². The summed E-state index contributed by atoms with van der Waals surface area (Å²) >= 11 is 12.9. The second-order valence-corrected chi connectivity index (χ2v) is 5.51. The number of alkyl halides is 4. The SMILES string of the molecule is FC(F)(F)Oc1ccc(N2C=C(Cl)C(Cl)S2)cc1. The number of hydrogen-bond donors (Lipinski definition) is 0. The van der Waals surface area contributed by atoms with Crippen LogP contribution in [0.4, 0.5) is 18.9 Å². The molecule has 98 valence electrons. The van der Waals surface area contributed by atoms with Crippen LogP contribution in [0.1, 0.15) is 0 Å². The average Bonchev–Trinajstić information content (AvgIpc) is 2.58. The predicted octanol–water partition coefficient (Wildman–Crippen LogP) is 4.70. The molecule has 0 amide bonds. The van der Waals surface area contributed by atoms with Gasteiger partial charge in [-0.05, 0) is 36.2 Å². The van der Waals surface area contributed by atoms with Gasteiger partial charge in [-0.15, -0.1) is 24.8 Å². The molecule has 1 aromatic rings. The number of ether oxygens (including phenoxy) is 1. The van der Waals surface area contributed by atoms with Crippen LogP contribution in [0.2, 0.25) is 0 Å². The van der Waals surface area contributed by atoms with Gasteiger partial charge in [0.2, 0.25) is 0 Å². The van der Waals surface area contributed by atoms with Crippen molar-refractivity contribution in [2.24, 2.45) is 0 Å². The molecule has 0 bridgehead atoms. The normalized spacial score (nSPS) is 19.9. The lowest BCUT2D eigenvalue weighted by atomic mass is 10.3. The van der Waals surface area contributed by atoms with Crippen LogP contribution in [0.5, 0.6) is 5.75 Å². The van der Waals surface area contributed by atoms with E-state index in [1.54, 1.807) is 10.5 Å². The first kappa shape index (κ1) is 13.7. The first-order chi connectivity index (χ1) is 8.35. The molecule has 0 N–H and O–H groups in total. The Morgan fingerprint density at radius 3 is 2.28 bits per heavy atom.